The Labute approximate surface area is 109 Å². The lowest BCUT2D eigenvalue weighted by atomic mass is 9.99. The van der Waals surface area contributed by atoms with Crippen molar-refractivity contribution in [2.75, 3.05) is 13.2 Å². The zero-order valence-corrected chi connectivity index (χ0v) is 10.3. The van der Waals surface area contributed by atoms with Gasteiger partial charge in [0.05, 0.1) is 6.04 Å². The van der Waals surface area contributed by atoms with E-state index in [4.69, 9.17) is 15.2 Å². The molecule has 2 atom stereocenters. The van der Waals surface area contributed by atoms with Crippen molar-refractivity contribution in [3.63, 3.8) is 0 Å². The summed E-state index contributed by atoms with van der Waals surface area (Å²) in [5, 5.41) is 0. The molecule has 1 heterocycles. The lowest BCUT2D eigenvalue weighted by Crippen LogP contribution is -2.38. The summed E-state index contributed by atoms with van der Waals surface area (Å²) in [6.07, 6.45) is -5.44. The Morgan fingerprint density at radius 3 is 2.79 bits per heavy atom. The fraction of sp³-hybridized carbons (Fsp3) is 0.538. The van der Waals surface area contributed by atoms with E-state index in [9.17, 15) is 13.2 Å². The van der Waals surface area contributed by atoms with Gasteiger partial charge in [-0.3, -0.25) is 0 Å². The average Bonchev–Trinajstić information content (AvgIpc) is 2.36. The molecule has 0 bridgehead atoms. The van der Waals surface area contributed by atoms with E-state index in [0.29, 0.717) is 5.75 Å². The van der Waals surface area contributed by atoms with Gasteiger partial charge < -0.3 is 15.2 Å². The smallest absolute Gasteiger partial charge is 0.389 e. The average molecular weight is 275 g/mol. The minimum absolute atomic E-state index is 0.0312. The molecular formula is C13H16F3NO2. The van der Waals surface area contributed by atoms with E-state index in [0.717, 1.165) is 5.56 Å². The molecule has 0 radical (unpaired) electrons. The number of rotatable bonds is 4. The van der Waals surface area contributed by atoms with Crippen molar-refractivity contribution >= 4 is 0 Å². The van der Waals surface area contributed by atoms with E-state index in [1.54, 1.807) is 0 Å². The standard InChI is InChI=1S/C13H16F3NO2/c14-13(15,16)6-3-7-18-11-8-19-10-5-2-1-4-9(10)12(11)17/h1-2,4-5,11-12H,3,6-8,17H2. The van der Waals surface area contributed by atoms with E-state index in [-0.39, 0.29) is 25.7 Å². The van der Waals surface area contributed by atoms with Gasteiger partial charge in [0.2, 0.25) is 0 Å². The second kappa shape index (κ2) is 5.79. The molecule has 2 N–H and O–H groups in total. The molecule has 3 nitrogen and oxygen atoms in total. The van der Waals surface area contributed by atoms with Gasteiger partial charge in [0.1, 0.15) is 18.5 Å². The number of fused-ring (bicyclic) bond motifs is 1. The summed E-state index contributed by atoms with van der Waals surface area (Å²) in [6.45, 7) is 0.299. The van der Waals surface area contributed by atoms with Crippen molar-refractivity contribution in [3.8, 4) is 5.75 Å². The lowest BCUT2D eigenvalue weighted by Gasteiger charge is -2.31. The first kappa shape index (κ1) is 14.1. The van der Waals surface area contributed by atoms with Crippen LogP contribution >= 0.6 is 0 Å². The lowest BCUT2D eigenvalue weighted by molar-refractivity contribution is -0.139. The van der Waals surface area contributed by atoms with Crippen molar-refractivity contribution in [2.24, 2.45) is 5.73 Å². The molecule has 0 amide bonds. The second-order valence-electron chi connectivity index (χ2n) is 4.50. The van der Waals surface area contributed by atoms with Gasteiger partial charge in [-0.05, 0) is 12.5 Å². The van der Waals surface area contributed by atoms with Crippen molar-refractivity contribution in [1.29, 1.82) is 0 Å². The minimum Gasteiger partial charge on any atom is -0.490 e. The topological polar surface area (TPSA) is 44.5 Å². The summed E-state index contributed by atoms with van der Waals surface area (Å²) < 4.78 is 46.8. The van der Waals surface area contributed by atoms with Gasteiger partial charge in [-0.2, -0.15) is 13.2 Å². The van der Waals surface area contributed by atoms with Gasteiger partial charge in [-0.25, -0.2) is 0 Å². The first-order valence-corrected chi connectivity index (χ1v) is 6.13. The highest BCUT2D eigenvalue weighted by molar-refractivity contribution is 5.38. The van der Waals surface area contributed by atoms with Crippen molar-refractivity contribution in [1.82, 2.24) is 0 Å². The van der Waals surface area contributed by atoms with Crippen LogP contribution in [-0.4, -0.2) is 25.5 Å². The maximum Gasteiger partial charge on any atom is 0.389 e. The Kier molecular flexibility index (Phi) is 4.31. The van der Waals surface area contributed by atoms with Crippen LogP contribution in [0.4, 0.5) is 13.2 Å². The van der Waals surface area contributed by atoms with E-state index in [2.05, 4.69) is 0 Å². The van der Waals surface area contributed by atoms with E-state index in [1.165, 1.54) is 0 Å². The molecule has 0 aromatic heterocycles. The zero-order chi connectivity index (χ0) is 13.9. The highest BCUT2D eigenvalue weighted by Crippen LogP contribution is 2.31. The van der Waals surface area contributed by atoms with Crippen LogP contribution < -0.4 is 10.5 Å². The van der Waals surface area contributed by atoms with Gasteiger partial charge in [0, 0.05) is 18.6 Å². The van der Waals surface area contributed by atoms with E-state index < -0.39 is 18.7 Å². The number of hydrogen-bond donors (Lipinski definition) is 1. The van der Waals surface area contributed by atoms with Crippen molar-refractivity contribution < 1.29 is 22.6 Å². The van der Waals surface area contributed by atoms with Crippen LogP contribution in [0.1, 0.15) is 24.4 Å². The number of para-hydroxylation sites is 1. The molecule has 19 heavy (non-hydrogen) atoms. The zero-order valence-electron chi connectivity index (χ0n) is 10.3. The largest absolute Gasteiger partial charge is 0.490 e. The Hall–Kier alpha value is -1.27. The second-order valence-corrected chi connectivity index (χ2v) is 4.50. The molecule has 1 aliphatic rings. The Morgan fingerprint density at radius 2 is 2.05 bits per heavy atom. The van der Waals surface area contributed by atoms with Crippen LogP contribution in [0.15, 0.2) is 24.3 Å². The molecule has 0 saturated heterocycles. The summed E-state index contributed by atoms with van der Waals surface area (Å²) in [4.78, 5) is 0. The molecule has 106 valence electrons. The number of alkyl halides is 3. The van der Waals surface area contributed by atoms with Crippen molar-refractivity contribution in [3.05, 3.63) is 29.8 Å². The van der Waals surface area contributed by atoms with Gasteiger partial charge in [-0.15, -0.1) is 0 Å². The summed E-state index contributed by atoms with van der Waals surface area (Å²) in [6, 6.07) is 6.97. The Morgan fingerprint density at radius 1 is 1.32 bits per heavy atom. The summed E-state index contributed by atoms with van der Waals surface area (Å²) in [5.41, 5.74) is 6.86. The third kappa shape index (κ3) is 3.84. The Balaban J connectivity index is 1.84. The number of halogens is 3. The molecule has 1 aromatic rings. The van der Waals surface area contributed by atoms with Gasteiger partial charge in [-0.1, -0.05) is 18.2 Å². The van der Waals surface area contributed by atoms with Crippen LogP contribution in [0.25, 0.3) is 0 Å². The highest BCUT2D eigenvalue weighted by Gasteiger charge is 2.30. The van der Waals surface area contributed by atoms with E-state index in [1.807, 2.05) is 24.3 Å². The van der Waals surface area contributed by atoms with Crippen molar-refractivity contribution in [2.45, 2.75) is 31.2 Å². The molecule has 0 spiro atoms. The third-order valence-electron chi connectivity index (χ3n) is 3.02. The first-order valence-electron chi connectivity index (χ1n) is 6.13. The van der Waals surface area contributed by atoms with E-state index >= 15 is 0 Å². The van der Waals surface area contributed by atoms with Gasteiger partial charge in [0.15, 0.2) is 0 Å². The number of nitrogens with two attached hydrogens (primary N) is 1. The predicted octanol–water partition coefficient (Wildman–Crippen LogP) is 2.81. The normalized spacial score (nSPS) is 22.7. The fourth-order valence-corrected chi connectivity index (χ4v) is 2.02. The molecular weight excluding hydrogens is 259 g/mol. The van der Waals surface area contributed by atoms with Gasteiger partial charge in [0.25, 0.3) is 0 Å². The maximum atomic E-state index is 12.0. The number of ether oxygens (including phenoxy) is 2. The summed E-state index contributed by atoms with van der Waals surface area (Å²) >= 11 is 0. The number of hydrogen-bond acceptors (Lipinski definition) is 3. The monoisotopic (exact) mass is 275 g/mol. The quantitative estimate of drug-likeness (QED) is 0.859. The molecule has 0 saturated carbocycles. The molecule has 0 fully saturated rings. The SMILES string of the molecule is NC1c2ccccc2OCC1OCCCC(F)(F)F. The minimum atomic E-state index is -4.14. The first-order chi connectivity index (χ1) is 8.97. The van der Waals surface area contributed by atoms with Crippen LogP contribution in [0.5, 0.6) is 5.75 Å². The molecule has 2 unspecified atom stereocenters. The van der Waals surface area contributed by atoms with Crippen LogP contribution in [0.2, 0.25) is 0 Å². The fourth-order valence-electron chi connectivity index (χ4n) is 2.02. The molecule has 2 rings (SSSR count). The third-order valence-corrected chi connectivity index (χ3v) is 3.02. The predicted molar refractivity (Wildman–Crippen MR) is 63.9 cm³/mol. The molecule has 1 aromatic carbocycles. The number of benzene rings is 1. The van der Waals surface area contributed by atoms with Crippen LogP contribution in [0, 0.1) is 0 Å². The molecule has 6 heteroatoms. The highest BCUT2D eigenvalue weighted by atomic mass is 19.4. The molecule has 0 aliphatic carbocycles. The summed E-state index contributed by atoms with van der Waals surface area (Å²) in [7, 11) is 0. The summed E-state index contributed by atoms with van der Waals surface area (Å²) in [5.74, 6) is 0.713. The maximum absolute atomic E-state index is 12.0. The van der Waals surface area contributed by atoms with Gasteiger partial charge >= 0.3 is 6.18 Å². The Bertz CT molecular complexity index is 423. The molecule has 1 aliphatic heterocycles. The van der Waals surface area contributed by atoms with Crippen LogP contribution in [-0.2, 0) is 4.74 Å². The van der Waals surface area contributed by atoms with Crippen LogP contribution in [0.3, 0.4) is 0 Å².